The van der Waals surface area contributed by atoms with Crippen molar-refractivity contribution < 1.29 is 9.47 Å². The molecular weight excluding hydrogens is 226 g/mol. The van der Waals surface area contributed by atoms with Gasteiger partial charge in [0.2, 0.25) is 0 Å². The molecule has 0 aliphatic heterocycles. The molecule has 0 heterocycles. The summed E-state index contributed by atoms with van der Waals surface area (Å²) in [6.45, 7) is 5.27. The fraction of sp³-hybridized carbons (Fsp3) is 0.600. The molecule has 2 rings (SSSR count). The molecule has 2 N–H and O–H groups in total. The van der Waals surface area contributed by atoms with Gasteiger partial charge in [0, 0.05) is 12.0 Å². The third-order valence-corrected chi connectivity index (χ3v) is 4.02. The molecule has 3 heteroatoms. The molecule has 18 heavy (non-hydrogen) atoms. The molecule has 1 aromatic rings. The van der Waals surface area contributed by atoms with Crippen LogP contribution in [-0.2, 0) is 5.41 Å². The second-order valence-electron chi connectivity index (χ2n) is 6.07. The van der Waals surface area contributed by atoms with Gasteiger partial charge in [-0.2, -0.15) is 0 Å². The van der Waals surface area contributed by atoms with E-state index < -0.39 is 0 Å². The molecule has 0 bridgehead atoms. The lowest BCUT2D eigenvalue weighted by atomic mass is 9.52. The van der Waals surface area contributed by atoms with Crippen molar-refractivity contribution in [3.05, 3.63) is 23.8 Å². The third-order valence-electron chi connectivity index (χ3n) is 4.02. The summed E-state index contributed by atoms with van der Waals surface area (Å²) in [5.41, 5.74) is 7.79. The lowest BCUT2D eigenvalue weighted by molar-refractivity contribution is 0.0632. The summed E-state index contributed by atoms with van der Waals surface area (Å²) in [5, 5.41) is 0. The molecular formula is C15H23NO2. The lowest BCUT2D eigenvalue weighted by Crippen LogP contribution is -2.51. The van der Waals surface area contributed by atoms with Gasteiger partial charge >= 0.3 is 0 Å². The van der Waals surface area contributed by atoms with Gasteiger partial charge < -0.3 is 15.2 Å². The minimum absolute atomic E-state index is 0.114. The van der Waals surface area contributed by atoms with Crippen molar-refractivity contribution in [2.24, 2.45) is 11.1 Å². The van der Waals surface area contributed by atoms with Crippen molar-refractivity contribution in [1.82, 2.24) is 0 Å². The molecule has 3 nitrogen and oxygen atoms in total. The quantitative estimate of drug-likeness (QED) is 0.892. The second-order valence-corrected chi connectivity index (χ2v) is 6.07. The molecule has 1 aliphatic rings. The van der Waals surface area contributed by atoms with E-state index in [0.717, 1.165) is 24.3 Å². The van der Waals surface area contributed by atoms with Crippen LogP contribution in [0.3, 0.4) is 0 Å². The number of ether oxygens (including phenoxy) is 2. The van der Waals surface area contributed by atoms with Crippen molar-refractivity contribution in [2.45, 2.75) is 32.1 Å². The summed E-state index contributed by atoms with van der Waals surface area (Å²) in [7, 11) is 3.32. The zero-order valence-corrected chi connectivity index (χ0v) is 11.7. The standard InChI is InChI=1S/C15H23NO2/c1-14(2)8-15(9-14,10-16)11-5-6-12(17-3)13(7-11)18-4/h5-7H,8-10,16H2,1-4H3. The van der Waals surface area contributed by atoms with E-state index in [2.05, 4.69) is 26.0 Å². The fourth-order valence-corrected chi connectivity index (χ4v) is 3.41. The van der Waals surface area contributed by atoms with E-state index in [4.69, 9.17) is 15.2 Å². The summed E-state index contributed by atoms with van der Waals surface area (Å²) < 4.78 is 10.6. The molecule has 0 unspecified atom stereocenters. The number of methoxy groups -OCH3 is 2. The molecule has 0 saturated heterocycles. The summed E-state index contributed by atoms with van der Waals surface area (Å²) in [6.07, 6.45) is 2.26. The Balaban J connectivity index is 2.33. The SMILES string of the molecule is COc1ccc(C2(CN)CC(C)(C)C2)cc1OC. The van der Waals surface area contributed by atoms with Gasteiger partial charge in [0.1, 0.15) is 0 Å². The van der Waals surface area contributed by atoms with Crippen molar-refractivity contribution in [3.8, 4) is 11.5 Å². The molecule has 0 radical (unpaired) electrons. The van der Waals surface area contributed by atoms with Gasteiger partial charge in [-0.15, -0.1) is 0 Å². The Morgan fingerprint density at radius 1 is 1.11 bits per heavy atom. The molecule has 0 spiro atoms. The number of rotatable bonds is 4. The highest BCUT2D eigenvalue weighted by atomic mass is 16.5. The van der Waals surface area contributed by atoms with E-state index in [-0.39, 0.29) is 5.41 Å². The van der Waals surface area contributed by atoms with E-state index >= 15 is 0 Å². The van der Waals surface area contributed by atoms with Crippen LogP contribution in [0.5, 0.6) is 11.5 Å². The van der Waals surface area contributed by atoms with Crippen LogP contribution in [0.15, 0.2) is 18.2 Å². The number of nitrogens with two attached hydrogens (primary N) is 1. The van der Waals surface area contributed by atoms with Crippen LogP contribution in [0, 0.1) is 5.41 Å². The van der Waals surface area contributed by atoms with Crippen LogP contribution < -0.4 is 15.2 Å². The van der Waals surface area contributed by atoms with Gasteiger partial charge in [0.25, 0.3) is 0 Å². The molecule has 100 valence electrons. The first-order valence-electron chi connectivity index (χ1n) is 6.39. The first kappa shape index (κ1) is 13.2. The van der Waals surface area contributed by atoms with Crippen LogP contribution >= 0.6 is 0 Å². The maximum atomic E-state index is 6.01. The molecule has 1 aliphatic carbocycles. The Bertz CT molecular complexity index is 432. The first-order chi connectivity index (χ1) is 8.46. The van der Waals surface area contributed by atoms with Gasteiger partial charge in [-0.1, -0.05) is 19.9 Å². The van der Waals surface area contributed by atoms with E-state index in [1.165, 1.54) is 5.56 Å². The Hall–Kier alpha value is -1.22. The van der Waals surface area contributed by atoms with Crippen molar-refractivity contribution in [2.75, 3.05) is 20.8 Å². The Morgan fingerprint density at radius 3 is 2.17 bits per heavy atom. The van der Waals surface area contributed by atoms with E-state index in [1.807, 2.05) is 6.07 Å². The predicted octanol–water partition coefficient (Wildman–Crippen LogP) is 2.72. The van der Waals surface area contributed by atoms with Crippen LogP contribution in [-0.4, -0.2) is 20.8 Å². The third kappa shape index (κ3) is 2.07. The molecule has 1 aromatic carbocycles. The highest BCUT2D eigenvalue weighted by Crippen LogP contribution is 2.55. The zero-order chi connectivity index (χ0) is 13.4. The van der Waals surface area contributed by atoms with Crippen LogP contribution in [0.4, 0.5) is 0 Å². The maximum Gasteiger partial charge on any atom is 0.161 e. The first-order valence-corrected chi connectivity index (χ1v) is 6.39. The van der Waals surface area contributed by atoms with Crippen LogP contribution in [0.1, 0.15) is 32.3 Å². The summed E-state index contributed by atoms with van der Waals surface area (Å²) in [5.74, 6) is 1.56. The van der Waals surface area contributed by atoms with Crippen molar-refractivity contribution in [1.29, 1.82) is 0 Å². The van der Waals surface area contributed by atoms with Gasteiger partial charge in [0.05, 0.1) is 14.2 Å². The average molecular weight is 249 g/mol. The average Bonchev–Trinajstić information content (AvgIpc) is 2.34. The van der Waals surface area contributed by atoms with E-state index in [0.29, 0.717) is 12.0 Å². The van der Waals surface area contributed by atoms with Crippen molar-refractivity contribution in [3.63, 3.8) is 0 Å². The number of benzene rings is 1. The monoisotopic (exact) mass is 249 g/mol. The normalized spacial score (nSPS) is 20.1. The van der Waals surface area contributed by atoms with Gasteiger partial charge in [-0.25, -0.2) is 0 Å². The van der Waals surface area contributed by atoms with Gasteiger partial charge in [-0.3, -0.25) is 0 Å². The van der Waals surface area contributed by atoms with Crippen LogP contribution in [0.25, 0.3) is 0 Å². The lowest BCUT2D eigenvalue weighted by Gasteiger charge is -2.53. The zero-order valence-electron chi connectivity index (χ0n) is 11.7. The minimum Gasteiger partial charge on any atom is -0.493 e. The van der Waals surface area contributed by atoms with E-state index in [9.17, 15) is 0 Å². The Labute approximate surface area is 109 Å². The van der Waals surface area contributed by atoms with E-state index in [1.54, 1.807) is 14.2 Å². The largest absolute Gasteiger partial charge is 0.493 e. The topological polar surface area (TPSA) is 44.5 Å². The minimum atomic E-state index is 0.114. The van der Waals surface area contributed by atoms with Gasteiger partial charge in [-0.05, 0) is 36.0 Å². The highest BCUT2D eigenvalue weighted by Gasteiger charge is 2.49. The second kappa shape index (κ2) is 4.47. The number of hydrogen-bond acceptors (Lipinski definition) is 3. The fourth-order valence-electron chi connectivity index (χ4n) is 3.41. The molecule has 0 amide bonds. The summed E-state index contributed by atoms with van der Waals surface area (Å²) in [6, 6.07) is 6.15. The van der Waals surface area contributed by atoms with Crippen molar-refractivity contribution >= 4 is 0 Å². The maximum absolute atomic E-state index is 6.01. The molecule has 1 fully saturated rings. The smallest absolute Gasteiger partial charge is 0.161 e. The molecule has 1 saturated carbocycles. The van der Waals surface area contributed by atoms with Crippen LogP contribution in [0.2, 0.25) is 0 Å². The highest BCUT2D eigenvalue weighted by molar-refractivity contribution is 5.46. The molecule has 0 atom stereocenters. The van der Waals surface area contributed by atoms with Gasteiger partial charge in [0.15, 0.2) is 11.5 Å². The summed E-state index contributed by atoms with van der Waals surface area (Å²) >= 11 is 0. The predicted molar refractivity (Wildman–Crippen MR) is 73.3 cm³/mol. The number of hydrogen-bond donors (Lipinski definition) is 1. The Morgan fingerprint density at radius 2 is 1.72 bits per heavy atom. The Kier molecular flexibility index (Phi) is 3.28. The summed E-state index contributed by atoms with van der Waals surface area (Å²) in [4.78, 5) is 0. The molecule has 0 aromatic heterocycles.